The Morgan fingerprint density at radius 3 is 2.85 bits per heavy atom. The molecule has 108 valence electrons. The molecule has 0 spiro atoms. The lowest BCUT2D eigenvalue weighted by Crippen LogP contribution is -2.24. The number of carboxylic acids is 1. The Hall–Kier alpha value is -2.20. The van der Waals surface area contributed by atoms with Gasteiger partial charge in [0, 0.05) is 25.6 Å². The molecule has 0 saturated carbocycles. The van der Waals surface area contributed by atoms with Crippen molar-refractivity contribution in [3.8, 4) is 0 Å². The van der Waals surface area contributed by atoms with E-state index in [1.165, 1.54) is 0 Å². The van der Waals surface area contributed by atoms with Crippen LogP contribution in [0.3, 0.4) is 0 Å². The van der Waals surface area contributed by atoms with Crippen molar-refractivity contribution in [3.05, 3.63) is 30.6 Å². The van der Waals surface area contributed by atoms with Gasteiger partial charge in [-0.15, -0.1) is 0 Å². The molecular weight excluding hydrogens is 286 g/mol. The Kier molecular flexibility index (Phi) is 3.86. The summed E-state index contributed by atoms with van der Waals surface area (Å²) in [6, 6.07) is 0. The van der Waals surface area contributed by atoms with Gasteiger partial charge in [0.25, 0.3) is 0 Å². The molecule has 0 fully saturated rings. The Labute approximate surface area is 114 Å². The number of nitrogens with one attached hydrogen (secondary N) is 1. The smallest absolute Gasteiger partial charge is 0.325 e. The highest BCUT2D eigenvalue weighted by atomic mass is 32.2. The second-order valence-electron chi connectivity index (χ2n) is 4.05. The van der Waals surface area contributed by atoms with E-state index in [1.807, 2.05) is 0 Å². The maximum absolute atomic E-state index is 12.0. The molecule has 0 radical (unpaired) electrons. The van der Waals surface area contributed by atoms with Gasteiger partial charge in [0.15, 0.2) is 0 Å². The molecule has 20 heavy (non-hydrogen) atoms. The zero-order valence-corrected chi connectivity index (χ0v) is 11.4. The molecule has 2 rings (SSSR count). The molecule has 0 amide bonds. The van der Waals surface area contributed by atoms with Crippen LogP contribution in [0.2, 0.25) is 0 Å². The molecule has 0 unspecified atom stereocenters. The molecular formula is C10H13N5O4S. The number of carbonyl (C=O) groups is 1. The SMILES string of the molecule is Cn1ccnc1CNS(=O)(=O)c1cnn(CC(=O)O)c1. The number of hydrogen-bond donors (Lipinski definition) is 2. The van der Waals surface area contributed by atoms with Crippen LogP contribution in [0.5, 0.6) is 0 Å². The maximum Gasteiger partial charge on any atom is 0.325 e. The van der Waals surface area contributed by atoms with E-state index in [2.05, 4.69) is 14.8 Å². The van der Waals surface area contributed by atoms with Gasteiger partial charge in [-0.3, -0.25) is 9.48 Å². The first kappa shape index (κ1) is 14.2. The molecule has 0 aromatic carbocycles. The lowest BCUT2D eigenvalue weighted by atomic mass is 10.6. The highest BCUT2D eigenvalue weighted by molar-refractivity contribution is 7.89. The van der Waals surface area contributed by atoms with Gasteiger partial charge in [0.1, 0.15) is 17.3 Å². The number of aromatic nitrogens is 4. The monoisotopic (exact) mass is 299 g/mol. The summed E-state index contributed by atoms with van der Waals surface area (Å²) in [6.45, 7) is -0.356. The lowest BCUT2D eigenvalue weighted by Gasteiger charge is -2.04. The molecule has 0 aliphatic rings. The molecule has 0 aliphatic carbocycles. The summed E-state index contributed by atoms with van der Waals surface area (Å²) >= 11 is 0. The third-order valence-corrected chi connectivity index (χ3v) is 3.91. The van der Waals surface area contributed by atoms with Crippen LogP contribution in [0.4, 0.5) is 0 Å². The van der Waals surface area contributed by atoms with Crippen LogP contribution in [0.25, 0.3) is 0 Å². The first-order valence-corrected chi connectivity index (χ1v) is 7.07. The van der Waals surface area contributed by atoms with Crippen LogP contribution >= 0.6 is 0 Å². The van der Waals surface area contributed by atoms with Gasteiger partial charge >= 0.3 is 5.97 Å². The van der Waals surface area contributed by atoms with Gasteiger partial charge in [0.2, 0.25) is 10.0 Å². The van der Waals surface area contributed by atoms with Crippen LogP contribution < -0.4 is 4.72 Å². The van der Waals surface area contributed by atoms with E-state index in [0.29, 0.717) is 5.82 Å². The first-order valence-electron chi connectivity index (χ1n) is 5.58. The van der Waals surface area contributed by atoms with Crippen LogP contribution in [-0.2, 0) is 35.0 Å². The van der Waals surface area contributed by atoms with E-state index in [-0.39, 0.29) is 11.4 Å². The van der Waals surface area contributed by atoms with Gasteiger partial charge in [-0.2, -0.15) is 5.10 Å². The van der Waals surface area contributed by atoms with E-state index in [0.717, 1.165) is 17.1 Å². The standard InChI is InChI=1S/C10H13N5O4S/c1-14-3-2-11-9(14)5-13-20(18,19)8-4-12-15(6-8)7-10(16)17/h2-4,6,13H,5,7H2,1H3,(H,16,17). The van der Waals surface area contributed by atoms with Gasteiger partial charge in [-0.25, -0.2) is 18.1 Å². The van der Waals surface area contributed by atoms with Crippen molar-refractivity contribution in [1.82, 2.24) is 24.1 Å². The Morgan fingerprint density at radius 2 is 2.25 bits per heavy atom. The summed E-state index contributed by atoms with van der Waals surface area (Å²) in [7, 11) is -2.00. The number of imidazole rings is 1. The van der Waals surface area contributed by atoms with Crippen molar-refractivity contribution in [1.29, 1.82) is 0 Å². The summed E-state index contributed by atoms with van der Waals surface area (Å²) < 4.78 is 29.1. The summed E-state index contributed by atoms with van der Waals surface area (Å²) in [5, 5.41) is 12.3. The predicted octanol–water partition coefficient (Wildman–Crippen LogP) is -0.820. The van der Waals surface area contributed by atoms with E-state index < -0.39 is 22.5 Å². The van der Waals surface area contributed by atoms with Crippen LogP contribution in [0.15, 0.2) is 29.7 Å². The zero-order valence-electron chi connectivity index (χ0n) is 10.6. The van der Waals surface area contributed by atoms with Crippen molar-refractivity contribution in [3.63, 3.8) is 0 Å². The van der Waals surface area contributed by atoms with E-state index in [4.69, 9.17) is 5.11 Å². The summed E-state index contributed by atoms with van der Waals surface area (Å²) in [4.78, 5) is 14.4. The van der Waals surface area contributed by atoms with E-state index >= 15 is 0 Å². The number of aryl methyl sites for hydroxylation is 1. The Balaban J connectivity index is 2.08. The van der Waals surface area contributed by atoms with Crippen molar-refractivity contribution in [2.24, 2.45) is 7.05 Å². The Morgan fingerprint density at radius 1 is 1.50 bits per heavy atom. The molecule has 0 atom stereocenters. The minimum absolute atomic E-state index is 0.0376. The third kappa shape index (κ3) is 3.22. The first-order chi connectivity index (χ1) is 9.38. The molecule has 0 bridgehead atoms. The van der Waals surface area contributed by atoms with Crippen molar-refractivity contribution in [2.45, 2.75) is 18.0 Å². The normalized spacial score (nSPS) is 11.7. The zero-order chi connectivity index (χ0) is 14.8. The Bertz CT molecular complexity index is 718. The fourth-order valence-corrected chi connectivity index (χ4v) is 2.45. The predicted molar refractivity (Wildman–Crippen MR) is 67.1 cm³/mol. The number of carboxylic acid groups (broad SMARTS) is 1. The quantitative estimate of drug-likeness (QED) is 0.719. The fraction of sp³-hybridized carbons (Fsp3) is 0.300. The van der Waals surface area contributed by atoms with Gasteiger partial charge in [-0.05, 0) is 0 Å². The number of sulfonamides is 1. The highest BCUT2D eigenvalue weighted by Gasteiger charge is 2.17. The second-order valence-corrected chi connectivity index (χ2v) is 5.81. The molecule has 2 heterocycles. The van der Waals surface area contributed by atoms with E-state index in [1.54, 1.807) is 24.0 Å². The minimum Gasteiger partial charge on any atom is -0.480 e. The lowest BCUT2D eigenvalue weighted by molar-refractivity contribution is -0.137. The maximum atomic E-state index is 12.0. The van der Waals surface area contributed by atoms with Crippen molar-refractivity contribution >= 4 is 16.0 Å². The molecule has 2 N–H and O–H groups in total. The largest absolute Gasteiger partial charge is 0.480 e. The van der Waals surface area contributed by atoms with Crippen LogP contribution in [0, 0.1) is 0 Å². The summed E-state index contributed by atoms with van der Waals surface area (Å²) in [6.07, 6.45) is 5.53. The minimum atomic E-state index is -3.75. The topological polar surface area (TPSA) is 119 Å². The number of aliphatic carboxylic acids is 1. The highest BCUT2D eigenvalue weighted by Crippen LogP contribution is 2.07. The number of rotatable bonds is 6. The van der Waals surface area contributed by atoms with Gasteiger partial charge in [0.05, 0.1) is 12.7 Å². The fourth-order valence-electron chi connectivity index (χ4n) is 1.52. The van der Waals surface area contributed by atoms with E-state index in [9.17, 15) is 13.2 Å². The second kappa shape index (κ2) is 5.43. The number of nitrogens with zero attached hydrogens (tertiary/aromatic N) is 4. The van der Waals surface area contributed by atoms with Crippen LogP contribution in [0.1, 0.15) is 5.82 Å². The van der Waals surface area contributed by atoms with Crippen molar-refractivity contribution < 1.29 is 18.3 Å². The third-order valence-electron chi connectivity index (χ3n) is 2.56. The molecule has 0 aliphatic heterocycles. The van der Waals surface area contributed by atoms with Crippen molar-refractivity contribution in [2.75, 3.05) is 0 Å². The van der Waals surface area contributed by atoms with Gasteiger partial charge < -0.3 is 9.67 Å². The molecule has 2 aromatic heterocycles. The summed E-state index contributed by atoms with van der Waals surface area (Å²) in [5.74, 6) is -0.537. The van der Waals surface area contributed by atoms with Crippen LogP contribution in [-0.4, -0.2) is 38.8 Å². The molecule has 10 heteroatoms. The molecule has 2 aromatic rings. The average molecular weight is 299 g/mol. The number of hydrogen-bond acceptors (Lipinski definition) is 5. The average Bonchev–Trinajstić information content (AvgIpc) is 2.95. The molecule has 9 nitrogen and oxygen atoms in total. The summed E-state index contributed by atoms with van der Waals surface area (Å²) in [5.41, 5.74) is 0. The van der Waals surface area contributed by atoms with Gasteiger partial charge in [-0.1, -0.05) is 0 Å². The molecule has 0 saturated heterocycles.